The second-order valence-corrected chi connectivity index (χ2v) is 7.16. The maximum absolute atomic E-state index is 13.0. The van der Waals surface area contributed by atoms with E-state index in [4.69, 9.17) is 0 Å². The predicted octanol–water partition coefficient (Wildman–Crippen LogP) is 3.44. The first-order chi connectivity index (χ1) is 15.0. The molecular weight excluding hydrogens is 390 g/mol. The van der Waals surface area contributed by atoms with Gasteiger partial charge in [0.2, 0.25) is 0 Å². The predicted molar refractivity (Wildman–Crippen MR) is 121 cm³/mol. The van der Waals surface area contributed by atoms with Gasteiger partial charge in [-0.05, 0) is 42.5 Å². The molecule has 7 heteroatoms. The van der Waals surface area contributed by atoms with Crippen LogP contribution in [0.2, 0.25) is 0 Å². The second-order valence-electron chi connectivity index (χ2n) is 7.16. The van der Waals surface area contributed by atoms with Crippen LogP contribution in [0.4, 0.5) is 5.69 Å². The van der Waals surface area contributed by atoms with Gasteiger partial charge in [-0.1, -0.05) is 24.3 Å². The van der Waals surface area contributed by atoms with E-state index in [1.54, 1.807) is 36.7 Å². The zero-order chi connectivity index (χ0) is 21.8. The largest absolute Gasteiger partial charge is 0.378 e. The molecule has 31 heavy (non-hydrogen) atoms. The Bertz CT molecular complexity index is 1260. The van der Waals surface area contributed by atoms with Crippen molar-refractivity contribution in [3.05, 3.63) is 90.3 Å². The standard InChI is InChI=1S/C24H21N5O2/c1-29(2)18-7-5-6-17(14-18)23(30)27-28-24(31)20-15-22(16-10-12-25-13-11-16)26-21-9-4-3-8-19(20)21/h3-15H,1-2H3,(H,27,30)(H,28,31). The molecule has 0 spiro atoms. The van der Waals surface area contributed by atoms with Gasteiger partial charge in [0.25, 0.3) is 11.8 Å². The number of benzene rings is 2. The fraction of sp³-hybridized carbons (Fsp3) is 0.0833. The minimum Gasteiger partial charge on any atom is -0.378 e. The molecule has 0 saturated carbocycles. The SMILES string of the molecule is CN(C)c1cccc(C(=O)NNC(=O)c2cc(-c3ccncc3)nc3ccccc23)c1. The summed E-state index contributed by atoms with van der Waals surface area (Å²) in [4.78, 5) is 36.1. The number of anilines is 1. The van der Waals surface area contributed by atoms with E-state index in [1.165, 1.54) is 0 Å². The number of rotatable bonds is 4. The third-order valence-corrected chi connectivity index (χ3v) is 4.85. The van der Waals surface area contributed by atoms with Crippen molar-refractivity contribution in [1.82, 2.24) is 20.8 Å². The fourth-order valence-corrected chi connectivity index (χ4v) is 3.21. The Balaban J connectivity index is 1.60. The first-order valence-electron chi connectivity index (χ1n) is 9.71. The van der Waals surface area contributed by atoms with Crippen molar-refractivity contribution in [2.75, 3.05) is 19.0 Å². The van der Waals surface area contributed by atoms with Gasteiger partial charge in [-0.25, -0.2) is 4.98 Å². The average molecular weight is 411 g/mol. The number of aromatic nitrogens is 2. The van der Waals surface area contributed by atoms with Crippen molar-refractivity contribution in [1.29, 1.82) is 0 Å². The van der Waals surface area contributed by atoms with Crippen LogP contribution >= 0.6 is 0 Å². The van der Waals surface area contributed by atoms with Crippen LogP contribution in [-0.4, -0.2) is 35.9 Å². The minimum atomic E-state index is -0.425. The summed E-state index contributed by atoms with van der Waals surface area (Å²) in [5.74, 6) is -0.823. The Labute approximate surface area is 179 Å². The lowest BCUT2D eigenvalue weighted by Gasteiger charge is -2.14. The lowest BCUT2D eigenvalue weighted by Crippen LogP contribution is -2.41. The van der Waals surface area contributed by atoms with Gasteiger partial charge in [-0.2, -0.15) is 0 Å². The molecule has 2 aromatic heterocycles. The maximum Gasteiger partial charge on any atom is 0.270 e. The fourth-order valence-electron chi connectivity index (χ4n) is 3.21. The Morgan fingerprint density at radius 2 is 1.58 bits per heavy atom. The quantitative estimate of drug-likeness (QED) is 0.503. The van der Waals surface area contributed by atoms with Gasteiger partial charge in [0.15, 0.2) is 0 Å². The van der Waals surface area contributed by atoms with Gasteiger partial charge in [-0.3, -0.25) is 25.4 Å². The Hall–Kier alpha value is -4.26. The first-order valence-corrected chi connectivity index (χ1v) is 9.71. The molecule has 7 nitrogen and oxygen atoms in total. The van der Waals surface area contributed by atoms with Crippen LogP contribution in [0.5, 0.6) is 0 Å². The number of pyridine rings is 2. The van der Waals surface area contributed by atoms with E-state index in [0.29, 0.717) is 27.7 Å². The van der Waals surface area contributed by atoms with Gasteiger partial charge >= 0.3 is 0 Å². The lowest BCUT2D eigenvalue weighted by atomic mass is 10.0. The normalized spacial score (nSPS) is 10.5. The van der Waals surface area contributed by atoms with Crippen LogP contribution in [0, 0.1) is 0 Å². The smallest absolute Gasteiger partial charge is 0.270 e. The maximum atomic E-state index is 13.0. The molecule has 0 aliphatic rings. The van der Waals surface area contributed by atoms with Crippen molar-refractivity contribution in [3.63, 3.8) is 0 Å². The van der Waals surface area contributed by atoms with Crippen molar-refractivity contribution in [2.24, 2.45) is 0 Å². The Morgan fingerprint density at radius 3 is 2.35 bits per heavy atom. The Morgan fingerprint density at radius 1 is 0.839 bits per heavy atom. The highest BCUT2D eigenvalue weighted by atomic mass is 16.2. The number of hydrogen-bond acceptors (Lipinski definition) is 5. The molecule has 2 amide bonds. The summed E-state index contributed by atoms with van der Waals surface area (Å²) in [5, 5.41) is 0.696. The van der Waals surface area contributed by atoms with Crippen molar-refractivity contribution >= 4 is 28.4 Å². The molecule has 0 bridgehead atoms. The summed E-state index contributed by atoms with van der Waals surface area (Å²) < 4.78 is 0. The summed E-state index contributed by atoms with van der Waals surface area (Å²) in [6.07, 6.45) is 3.35. The molecule has 2 N–H and O–H groups in total. The zero-order valence-electron chi connectivity index (χ0n) is 17.2. The van der Waals surface area contributed by atoms with E-state index in [-0.39, 0.29) is 0 Å². The van der Waals surface area contributed by atoms with E-state index in [0.717, 1.165) is 11.3 Å². The molecule has 2 aromatic carbocycles. The van der Waals surface area contributed by atoms with Crippen molar-refractivity contribution < 1.29 is 9.59 Å². The highest BCUT2D eigenvalue weighted by Gasteiger charge is 2.15. The molecule has 0 aliphatic heterocycles. The molecule has 0 fully saturated rings. The van der Waals surface area contributed by atoms with E-state index in [2.05, 4.69) is 20.8 Å². The molecular formula is C24H21N5O2. The summed E-state index contributed by atoms with van der Waals surface area (Å²) in [5.41, 5.74) is 8.96. The van der Waals surface area contributed by atoms with Crippen LogP contribution in [0.3, 0.4) is 0 Å². The molecule has 154 valence electrons. The van der Waals surface area contributed by atoms with Crippen molar-refractivity contribution in [3.8, 4) is 11.3 Å². The molecule has 4 aromatic rings. The summed E-state index contributed by atoms with van der Waals surface area (Å²) in [6.45, 7) is 0. The monoisotopic (exact) mass is 411 g/mol. The molecule has 0 atom stereocenters. The highest BCUT2D eigenvalue weighted by molar-refractivity contribution is 6.08. The van der Waals surface area contributed by atoms with Crippen LogP contribution in [-0.2, 0) is 0 Å². The van der Waals surface area contributed by atoms with Crippen LogP contribution < -0.4 is 15.8 Å². The number of fused-ring (bicyclic) bond motifs is 1. The molecule has 2 heterocycles. The third kappa shape index (κ3) is 4.35. The van der Waals surface area contributed by atoms with E-state index < -0.39 is 11.8 Å². The summed E-state index contributed by atoms with van der Waals surface area (Å²) in [6, 6.07) is 19.9. The summed E-state index contributed by atoms with van der Waals surface area (Å²) >= 11 is 0. The molecule has 0 radical (unpaired) electrons. The van der Waals surface area contributed by atoms with Gasteiger partial charge < -0.3 is 4.90 Å². The molecule has 0 aliphatic carbocycles. The highest BCUT2D eigenvalue weighted by Crippen LogP contribution is 2.24. The number of amides is 2. The first kappa shape index (κ1) is 20.0. The summed E-state index contributed by atoms with van der Waals surface area (Å²) in [7, 11) is 3.79. The van der Waals surface area contributed by atoms with Gasteiger partial charge in [0, 0.05) is 48.7 Å². The van der Waals surface area contributed by atoms with E-state index in [1.807, 2.05) is 61.5 Å². The zero-order valence-corrected chi connectivity index (χ0v) is 17.2. The van der Waals surface area contributed by atoms with Gasteiger partial charge in [0.05, 0.1) is 16.8 Å². The topological polar surface area (TPSA) is 87.2 Å². The number of carbonyl (C=O) groups is 2. The molecule has 0 unspecified atom stereocenters. The van der Waals surface area contributed by atoms with Crippen LogP contribution in [0.25, 0.3) is 22.2 Å². The second kappa shape index (κ2) is 8.62. The van der Waals surface area contributed by atoms with Crippen LogP contribution in [0.15, 0.2) is 79.1 Å². The van der Waals surface area contributed by atoms with Crippen molar-refractivity contribution in [2.45, 2.75) is 0 Å². The number of carbonyl (C=O) groups excluding carboxylic acids is 2. The van der Waals surface area contributed by atoms with E-state index >= 15 is 0 Å². The molecule has 0 saturated heterocycles. The van der Waals surface area contributed by atoms with Crippen LogP contribution in [0.1, 0.15) is 20.7 Å². The minimum absolute atomic E-state index is 0.398. The van der Waals surface area contributed by atoms with E-state index in [9.17, 15) is 9.59 Å². The Kier molecular flexibility index (Phi) is 5.57. The number of hydrogen-bond donors (Lipinski definition) is 2. The van der Waals surface area contributed by atoms with Gasteiger partial charge in [-0.15, -0.1) is 0 Å². The molecule has 4 rings (SSSR count). The number of nitrogens with zero attached hydrogens (tertiary/aromatic N) is 3. The third-order valence-electron chi connectivity index (χ3n) is 4.85. The number of para-hydroxylation sites is 1. The van der Waals surface area contributed by atoms with Gasteiger partial charge in [0.1, 0.15) is 0 Å². The number of nitrogens with one attached hydrogen (secondary N) is 2. The average Bonchev–Trinajstić information content (AvgIpc) is 2.82. The number of hydrazine groups is 1. The lowest BCUT2D eigenvalue weighted by molar-refractivity contribution is 0.0847.